The number of amides is 2. The van der Waals surface area contributed by atoms with Gasteiger partial charge in [-0.3, -0.25) is 9.69 Å². The van der Waals surface area contributed by atoms with Gasteiger partial charge >= 0.3 is 6.09 Å². The number of fused-ring (bicyclic) bond motifs is 1. The topological polar surface area (TPSA) is 80.3 Å². The lowest BCUT2D eigenvalue weighted by atomic mass is 10.1. The molecule has 2 heterocycles. The largest absolute Gasteiger partial charge is 0.482 e. The van der Waals surface area contributed by atoms with Crippen LogP contribution in [0.3, 0.4) is 0 Å². The van der Waals surface area contributed by atoms with Crippen molar-refractivity contribution in [3.8, 4) is 11.5 Å². The van der Waals surface area contributed by atoms with Crippen LogP contribution in [0.15, 0.2) is 24.3 Å². The van der Waals surface area contributed by atoms with Gasteiger partial charge in [-0.1, -0.05) is 12.1 Å². The Hall–Kier alpha value is -2.48. The van der Waals surface area contributed by atoms with E-state index in [0.29, 0.717) is 31.1 Å². The van der Waals surface area contributed by atoms with Crippen LogP contribution in [-0.2, 0) is 9.53 Å². The number of ether oxygens (including phenoxy) is 3. The van der Waals surface area contributed by atoms with Gasteiger partial charge in [0.15, 0.2) is 11.5 Å². The summed E-state index contributed by atoms with van der Waals surface area (Å²) in [6.07, 6.45) is -1.31. The van der Waals surface area contributed by atoms with Gasteiger partial charge in [-0.05, 0) is 19.1 Å². The Labute approximate surface area is 153 Å². The summed E-state index contributed by atoms with van der Waals surface area (Å²) in [4.78, 5) is 27.8. The number of carbonyl (C=O) groups is 2. The van der Waals surface area contributed by atoms with Gasteiger partial charge in [0.2, 0.25) is 6.10 Å². The average molecular weight is 363 g/mol. The molecule has 0 saturated carbocycles. The zero-order valence-electron chi connectivity index (χ0n) is 15.1. The highest BCUT2D eigenvalue weighted by molar-refractivity contribution is 5.82. The molecule has 2 unspecified atom stereocenters. The molecule has 0 radical (unpaired) electrons. The summed E-state index contributed by atoms with van der Waals surface area (Å²) in [5.41, 5.74) is 0. The molecular weight excluding hydrogens is 338 g/mol. The molecule has 0 aliphatic carbocycles. The SMILES string of the molecule is COC(=O)N1CCN(CCNC(=O)C2Oc3ccccc3OC2C)CC1. The van der Waals surface area contributed by atoms with E-state index in [0.717, 1.165) is 19.6 Å². The molecule has 0 aromatic heterocycles. The van der Waals surface area contributed by atoms with Gasteiger partial charge in [0.1, 0.15) is 6.10 Å². The Balaban J connectivity index is 1.42. The van der Waals surface area contributed by atoms with Crippen LogP contribution in [0.2, 0.25) is 0 Å². The number of benzene rings is 1. The van der Waals surface area contributed by atoms with Crippen LogP contribution in [0.1, 0.15) is 6.92 Å². The molecule has 1 N–H and O–H groups in total. The van der Waals surface area contributed by atoms with Gasteiger partial charge in [-0.25, -0.2) is 4.79 Å². The lowest BCUT2D eigenvalue weighted by Gasteiger charge is -2.34. The van der Waals surface area contributed by atoms with Gasteiger partial charge in [0.25, 0.3) is 5.91 Å². The fourth-order valence-corrected chi connectivity index (χ4v) is 3.13. The van der Waals surface area contributed by atoms with Gasteiger partial charge < -0.3 is 24.4 Å². The van der Waals surface area contributed by atoms with Crippen LogP contribution >= 0.6 is 0 Å². The summed E-state index contributed by atoms with van der Waals surface area (Å²) in [5.74, 6) is 1.07. The van der Waals surface area contributed by atoms with Crippen LogP contribution in [0.5, 0.6) is 11.5 Å². The second kappa shape index (κ2) is 8.27. The first-order valence-electron chi connectivity index (χ1n) is 8.84. The number of rotatable bonds is 4. The fraction of sp³-hybridized carbons (Fsp3) is 0.556. The van der Waals surface area contributed by atoms with Crippen molar-refractivity contribution < 1.29 is 23.8 Å². The van der Waals surface area contributed by atoms with E-state index in [2.05, 4.69) is 10.2 Å². The molecule has 8 heteroatoms. The Kier molecular flexibility index (Phi) is 5.82. The predicted molar refractivity (Wildman–Crippen MR) is 94.4 cm³/mol. The fourth-order valence-electron chi connectivity index (χ4n) is 3.13. The minimum Gasteiger partial charge on any atom is -0.482 e. The van der Waals surface area contributed by atoms with E-state index in [-0.39, 0.29) is 18.1 Å². The molecule has 2 aliphatic heterocycles. The monoisotopic (exact) mass is 363 g/mol. The molecule has 2 amide bonds. The van der Waals surface area contributed by atoms with Crippen molar-refractivity contribution in [1.82, 2.24) is 15.1 Å². The third kappa shape index (κ3) is 4.19. The quantitative estimate of drug-likeness (QED) is 0.849. The number of piperazine rings is 1. The highest BCUT2D eigenvalue weighted by Gasteiger charge is 2.33. The van der Waals surface area contributed by atoms with Crippen molar-refractivity contribution >= 4 is 12.0 Å². The van der Waals surface area contributed by atoms with Crippen LogP contribution in [0, 0.1) is 0 Å². The Morgan fingerprint density at radius 2 is 1.81 bits per heavy atom. The van der Waals surface area contributed by atoms with E-state index in [1.54, 1.807) is 11.0 Å². The van der Waals surface area contributed by atoms with Gasteiger partial charge in [-0.2, -0.15) is 0 Å². The van der Waals surface area contributed by atoms with Crippen molar-refractivity contribution in [2.24, 2.45) is 0 Å². The molecular formula is C18H25N3O5. The summed E-state index contributed by atoms with van der Waals surface area (Å²) >= 11 is 0. The molecule has 26 heavy (non-hydrogen) atoms. The van der Waals surface area contributed by atoms with Crippen molar-refractivity contribution in [1.29, 1.82) is 0 Å². The predicted octanol–water partition coefficient (Wildman–Crippen LogP) is 0.715. The minimum atomic E-state index is -0.666. The summed E-state index contributed by atoms with van der Waals surface area (Å²) in [6.45, 7) is 5.86. The standard InChI is InChI=1S/C18H25N3O5/c1-13-16(26-15-6-4-3-5-14(15)25-13)17(22)19-7-8-20-9-11-21(12-10-20)18(23)24-2/h3-6,13,16H,7-12H2,1-2H3,(H,19,22). The van der Waals surface area contributed by atoms with Gasteiger partial charge in [0, 0.05) is 39.3 Å². The summed E-state index contributed by atoms with van der Waals surface area (Å²) in [6, 6.07) is 7.34. The van der Waals surface area contributed by atoms with Crippen LogP contribution in [-0.4, -0.2) is 80.4 Å². The van der Waals surface area contributed by atoms with Crippen molar-refractivity contribution in [2.45, 2.75) is 19.1 Å². The number of nitrogens with one attached hydrogen (secondary N) is 1. The maximum absolute atomic E-state index is 12.4. The first-order valence-corrected chi connectivity index (χ1v) is 8.84. The van der Waals surface area contributed by atoms with Gasteiger partial charge in [-0.15, -0.1) is 0 Å². The second-order valence-electron chi connectivity index (χ2n) is 6.40. The van der Waals surface area contributed by atoms with Crippen molar-refractivity contribution in [3.63, 3.8) is 0 Å². The summed E-state index contributed by atoms with van der Waals surface area (Å²) < 4.78 is 16.3. The lowest BCUT2D eigenvalue weighted by molar-refractivity contribution is -0.133. The Morgan fingerprint density at radius 1 is 1.15 bits per heavy atom. The first kappa shape index (κ1) is 18.3. The number of carbonyl (C=O) groups excluding carboxylic acids is 2. The molecule has 1 saturated heterocycles. The third-order valence-corrected chi connectivity index (χ3v) is 4.63. The van der Waals surface area contributed by atoms with Crippen molar-refractivity contribution in [2.75, 3.05) is 46.4 Å². The molecule has 1 fully saturated rings. The highest BCUT2D eigenvalue weighted by Crippen LogP contribution is 2.33. The lowest BCUT2D eigenvalue weighted by Crippen LogP contribution is -2.52. The van der Waals surface area contributed by atoms with E-state index < -0.39 is 6.10 Å². The van der Waals surface area contributed by atoms with Crippen LogP contribution in [0.25, 0.3) is 0 Å². The number of nitrogens with zero attached hydrogens (tertiary/aromatic N) is 2. The third-order valence-electron chi connectivity index (χ3n) is 4.63. The summed E-state index contributed by atoms with van der Waals surface area (Å²) in [7, 11) is 1.39. The molecule has 2 atom stereocenters. The number of hydrogen-bond acceptors (Lipinski definition) is 6. The highest BCUT2D eigenvalue weighted by atomic mass is 16.6. The van der Waals surface area contributed by atoms with Crippen molar-refractivity contribution in [3.05, 3.63) is 24.3 Å². The van der Waals surface area contributed by atoms with Gasteiger partial charge in [0.05, 0.1) is 7.11 Å². The maximum Gasteiger partial charge on any atom is 0.409 e. The Morgan fingerprint density at radius 3 is 2.46 bits per heavy atom. The van der Waals surface area contributed by atoms with E-state index in [1.807, 2.05) is 25.1 Å². The molecule has 8 nitrogen and oxygen atoms in total. The van der Waals surface area contributed by atoms with E-state index in [9.17, 15) is 9.59 Å². The Bertz CT molecular complexity index is 645. The molecule has 1 aromatic carbocycles. The average Bonchev–Trinajstić information content (AvgIpc) is 2.67. The number of para-hydroxylation sites is 2. The zero-order valence-corrected chi connectivity index (χ0v) is 15.1. The zero-order chi connectivity index (χ0) is 18.5. The van der Waals surface area contributed by atoms with E-state index >= 15 is 0 Å². The normalized spacial score (nSPS) is 22.6. The molecule has 0 spiro atoms. The molecule has 3 rings (SSSR count). The molecule has 142 valence electrons. The molecule has 1 aromatic rings. The minimum absolute atomic E-state index is 0.180. The van der Waals surface area contributed by atoms with E-state index in [1.165, 1.54) is 7.11 Å². The first-order chi connectivity index (χ1) is 12.6. The molecule has 0 bridgehead atoms. The van der Waals surface area contributed by atoms with Crippen LogP contribution in [0.4, 0.5) is 4.79 Å². The molecule has 2 aliphatic rings. The van der Waals surface area contributed by atoms with E-state index in [4.69, 9.17) is 14.2 Å². The summed E-state index contributed by atoms with van der Waals surface area (Å²) in [5, 5.41) is 2.92. The maximum atomic E-state index is 12.4. The number of hydrogen-bond donors (Lipinski definition) is 1. The van der Waals surface area contributed by atoms with Crippen LogP contribution < -0.4 is 14.8 Å². The smallest absolute Gasteiger partial charge is 0.409 e. The second-order valence-corrected chi connectivity index (χ2v) is 6.40. The number of methoxy groups -OCH3 is 1.